The van der Waals surface area contributed by atoms with Gasteiger partial charge in [-0.2, -0.15) is 0 Å². The van der Waals surface area contributed by atoms with Crippen LogP contribution in [0.3, 0.4) is 0 Å². The van der Waals surface area contributed by atoms with E-state index in [1.54, 1.807) is 29.2 Å². The van der Waals surface area contributed by atoms with Crippen molar-refractivity contribution < 1.29 is 14.4 Å². The van der Waals surface area contributed by atoms with Gasteiger partial charge in [0.05, 0.1) is 6.54 Å². The highest BCUT2D eigenvalue weighted by Crippen LogP contribution is 2.16. The first-order valence-corrected chi connectivity index (χ1v) is 9.93. The van der Waals surface area contributed by atoms with E-state index < -0.39 is 6.03 Å². The van der Waals surface area contributed by atoms with Gasteiger partial charge < -0.3 is 30.7 Å². The summed E-state index contributed by atoms with van der Waals surface area (Å²) in [5.41, 5.74) is 6.40. The molecule has 2 saturated heterocycles. The minimum absolute atomic E-state index is 0.00475. The summed E-state index contributed by atoms with van der Waals surface area (Å²) in [5, 5.41) is 2.73. The maximum absolute atomic E-state index is 12.5. The summed E-state index contributed by atoms with van der Waals surface area (Å²) in [6.45, 7) is 3.83. The number of pyridine rings is 1. The molecule has 5 amide bonds. The Hall–Kier alpha value is -3.04. The van der Waals surface area contributed by atoms with E-state index in [1.807, 2.05) is 12.1 Å². The predicted molar refractivity (Wildman–Crippen MR) is 108 cm³/mol. The maximum atomic E-state index is 12.5. The molecule has 0 saturated carbocycles. The Morgan fingerprint density at radius 1 is 1.07 bits per heavy atom. The van der Waals surface area contributed by atoms with Crippen molar-refractivity contribution in [3.8, 4) is 0 Å². The van der Waals surface area contributed by atoms with Crippen molar-refractivity contribution in [1.29, 1.82) is 0 Å². The van der Waals surface area contributed by atoms with E-state index in [0.717, 1.165) is 18.8 Å². The van der Waals surface area contributed by atoms with Gasteiger partial charge in [-0.1, -0.05) is 0 Å². The van der Waals surface area contributed by atoms with E-state index in [0.29, 0.717) is 39.0 Å². The summed E-state index contributed by atoms with van der Waals surface area (Å²) < 4.78 is 0. The Morgan fingerprint density at radius 3 is 2.28 bits per heavy atom. The molecule has 3 rings (SSSR count). The number of carbonyl (C=O) groups excluding carboxylic acids is 3. The zero-order valence-electron chi connectivity index (χ0n) is 16.8. The van der Waals surface area contributed by atoms with Crippen LogP contribution in [0.25, 0.3) is 0 Å². The van der Waals surface area contributed by atoms with Crippen molar-refractivity contribution in [3.05, 3.63) is 24.5 Å². The molecule has 1 aromatic rings. The number of piperidine rings is 1. The fourth-order valence-electron chi connectivity index (χ4n) is 3.78. The third-order valence-electron chi connectivity index (χ3n) is 5.70. The number of carbonyl (C=O) groups is 3. The van der Waals surface area contributed by atoms with Crippen LogP contribution in [0.15, 0.2) is 24.5 Å². The van der Waals surface area contributed by atoms with Crippen molar-refractivity contribution >= 4 is 23.7 Å². The van der Waals surface area contributed by atoms with Crippen LogP contribution >= 0.6 is 0 Å². The molecule has 29 heavy (non-hydrogen) atoms. The smallest absolute Gasteiger partial charge is 0.317 e. The Kier molecular flexibility index (Phi) is 6.73. The fraction of sp³-hybridized carbons (Fsp3) is 0.579. The van der Waals surface area contributed by atoms with E-state index in [2.05, 4.69) is 15.2 Å². The quantitative estimate of drug-likeness (QED) is 0.729. The van der Waals surface area contributed by atoms with E-state index in [4.69, 9.17) is 5.73 Å². The fourth-order valence-corrected chi connectivity index (χ4v) is 3.78. The van der Waals surface area contributed by atoms with Crippen LogP contribution in [0, 0.1) is 0 Å². The third kappa shape index (κ3) is 5.27. The van der Waals surface area contributed by atoms with Crippen molar-refractivity contribution in [3.63, 3.8) is 0 Å². The monoisotopic (exact) mass is 403 g/mol. The lowest BCUT2D eigenvalue weighted by molar-refractivity contribution is -0.130. The van der Waals surface area contributed by atoms with Crippen LogP contribution in [0.4, 0.5) is 15.3 Å². The Morgan fingerprint density at radius 2 is 1.69 bits per heavy atom. The minimum Gasteiger partial charge on any atom is -0.368 e. The molecule has 0 bridgehead atoms. The molecule has 0 aliphatic carbocycles. The molecule has 1 aromatic heterocycles. The topological polar surface area (TPSA) is 115 Å². The molecule has 2 fully saturated rings. The number of likely N-dealkylation sites (tertiary alicyclic amines) is 1. The predicted octanol–water partition coefficient (Wildman–Crippen LogP) is -0.0853. The van der Waals surface area contributed by atoms with E-state index >= 15 is 0 Å². The molecule has 10 nitrogen and oxygen atoms in total. The molecular weight excluding hydrogens is 374 g/mol. The Bertz CT molecular complexity index is 714. The van der Waals surface area contributed by atoms with E-state index in [1.165, 1.54) is 4.90 Å². The molecule has 0 aromatic carbocycles. The second-order valence-electron chi connectivity index (χ2n) is 7.40. The Labute approximate surface area is 170 Å². The highest BCUT2D eigenvalue weighted by Gasteiger charge is 2.27. The summed E-state index contributed by atoms with van der Waals surface area (Å²) in [6.07, 6.45) is 4.88. The van der Waals surface area contributed by atoms with Gasteiger partial charge in [-0.05, 0) is 25.0 Å². The lowest BCUT2D eigenvalue weighted by Crippen LogP contribution is -2.54. The van der Waals surface area contributed by atoms with Gasteiger partial charge >= 0.3 is 12.1 Å². The first-order chi connectivity index (χ1) is 14.0. The molecule has 0 radical (unpaired) electrons. The van der Waals surface area contributed by atoms with Crippen molar-refractivity contribution in [2.45, 2.75) is 18.9 Å². The number of rotatable bonds is 4. The number of nitrogens with zero attached hydrogens (tertiary/aromatic N) is 5. The second kappa shape index (κ2) is 9.44. The SMILES string of the molecule is CN(C(N)=O)C1CCN(C(=O)NCC(=O)N2CCN(c3ccncc3)CC2)CC1. The van der Waals surface area contributed by atoms with Crippen LogP contribution in [-0.2, 0) is 4.79 Å². The zero-order chi connectivity index (χ0) is 20.8. The molecule has 0 unspecified atom stereocenters. The summed E-state index contributed by atoms with van der Waals surface area (Å²) in [6, 6.07) is 3.27. The maximum Gasteiger partial charge on any atom is 0.317 e. The van der Waals surface area contributed by atoms with Gasteiger partial charge in [0.15, 0.2) is 0 Å². The summed E-state index contributed by atoms with van der Waals surface area (Å²) in [4.78, 5) is 47.3. The summed E-state index contributed by atoms with van der Waals surface area (Å²) >= 11 is 0. The van der Waals surface area contributed by atoms with Crippen LogP contribution in [-0.4, -0.2) is 96.6 Å². The van der Waals surface area contributed by atoms with Crippen LogP contribution in [0.1, 0.15) is 12.8 Å². The van der Waals surface area contributed by atoms with Crippen LogP contribution in [0.5, 0.6) is 0 Å². The van der Waals surface area contributed by atoms with Gasteiger partial charge in [0.25, 0.3) is 0 Å². The number of amides is 5. The lowest BCUT2D eigenvalue weighted by Gasteiger charge is -2.37. The van der Waals surface area contributed by atoms with Crippen molar-refractivity contribution in [1.82, 2.24) is 25.0 Å². The normalized spacial score (nSPS) is 17.8. The summed E-state index contributed by atoms with van der Waals surface area (Å²) in [5.74, 6) is -0.0731. The number of piperazine rings is 1. The van der Waals surface area contributed by atoms with E-state index in [9.17, 15) is 14.4 Å². The average Bonchev–Trinajstić information content (AvgIpc) is 2.77. The molecule has 0 atom stereocenters. The first-order valence-electron chi connectivity index (χ1n) is 9.93. The van der Waals surface area contributed by atoms with Gasteiger partial charge in [-0.3, -0.25) is 9.78 Å². The average molecular weight is 403 g/mol. The van der Waals surface area contributed by atoms with Crippen molar-refractivity contribution in [2.24, 2.45) is 5.73 Å². The number of anilines is 1. The largest absolute Gasteiger partial charge is 0.368 e. The molecular formula is C19H29N7O3. The van der Waals surface area contributed by atoms with Crippen molar-refractivity contribution in [2.75, 3.05) is 57.8 Å². The lowest BCUT2D eigenvalue weighted by atomic mass is 10.0. The Balaban J connectivity index is 1.38. The highest BCUT2D eigenvalue weighted by molar-refractivity contribution is 5.84. The highest BCUT2D eigenvalue weighted by atomic mass is 16.2. The first kappa shape index (κ1) is 20.7. The number of aromatic nitrogens is 1. The number of nitrogens with two attached hydrogens (primary N) is 1. The standard InChI is InChI=1S/C19H29N7O3/c1-23(18(20)28)15-4-8-26(9-5-15)19(29)22-14-17(27)25-12-10-24(11-13-25)16-2-6-21-7-3-16/h2-3,6-7,15H,4-5,8-14H2,1H3,(H2,20,28)(H,22,29). The third-order valence-corrected chi connectivity index (χ3v) is 5.70. The minimum atomic E-state index is -0.456. The van der Waals surface area contributed by atoms with Gasteiger partial charge in [0.1, 0.15) is 0 Å². The molecule has 2 aliphatic heterocycles. The van der Waals surface area contributed by atoms with Crippen LogP contribution in [0.2, 0.25) is 0 Å². The number of urea groups is 2. The molecule has 2 aliphatic rings. The van der Waals surface area contributed by atoms with Crippen LogP contribution < -0.4 is 16.0 Å². The zero-order valence-corrected chi connectivity index (χ0v) is 16.8. The number of hydrogen-bond donors (Lipinski definition) is 2. The number of primary amides is 1. The van der Waals surface area contributed by atoms with Gasteiger partial charge in [-0.15, -0.1) is 0 Å². The molecule has 0 spiro atoms. The molecule has 10 heteroatoms. The van der Waals surface area contributed by atoms with E-state index in [-0.39, 0.29) is 24.5 Å². The second-order valence-corrected chi connectivity index (χ2v) is 7.40. The molecule has 3 N–H and O–H groups in total. The molecule has 158 valence electrons. The van der Waals surface area contributed by atoms with Gasteiger partial charge in [0.2, 0.25) is 5.91 Å². The summed E-state index contributed by atoms with van der Waals surface area (Å²) in [7, 11) is 1.68. The van der Waals surface area contributed by atoms with Gasteiger partial charge in [-0.25, -0.2) is 9.59 Å². The number of hydrogen-bond acceptors (Lipinski definition) is 5. The number of nitrogens with one attached hydrogen (secondary N) is 1. The molecule has 3 heterocycles. The van der Waals surface area contributed by atoms with Gasteiger partial charge in [0, 0.05) is 70.4 Å².